The smallest absolute Gasteiger partial charge is 0.0304 e. The van der Waals surface area contributed by atoms with E-state index in [0.717, 1.165) is 0 Å². The third-order valence-corrected chi connectivity index (χ3v) is 0.612. The summed E-state index contributed by atoms with van der Waals surface area (Å²) in [6.45, 7) is 4.14. The highest BCUT2D eigenvalue weighted by molar-refractivity contribution is 5.80. The van der Waals surface area contributed by atoms with Crippen molar-refractivity contribution in [1.29, 1.82) is 10.8 Å². The van der Waals surface area contributed by atoms with Gasteiger partial charge in [-0.15, -0.1) is 0 Å². The standard InChI is InChI=1S/2C3H8N2.2FH/c2*1-3(5)2-4;;/h2*5H,2,4H2,1H3;2*1H. The molecule has 76 valence electrons. The minimum absolute atomic E-state index is 0. The molecule has 0 fully saturated rings. The third-order valence-electron chi connectivity index (χ3n) is 0.612. The van der Waals surface area contributed by atoms with Gasteiger partial charge in [-0.25, -0.2) is 0 Å². The fourth-order valence-corrected chi connectivity index (χ4v) is 0. The summed E-state index contributed by atoms with van der Waals surface area (Å²) in [5.74, 6) is 0. The van der Waals surface area contributed by atoms with Gasteiger partial charge in [0.1, 0.15) is 0 Å². The van der Waals surface area contributed by atoms with Crippen LogP contribution in [-0.2, 0) is 0 Å². The maximum atomic E-state index is 6.62. The fourth-order valence-electron chi connectivity index (χ4n) is 0. The van der Waals surface area contributed by atoms with Crippen molar-refractivity contribution in [2.24, 2.45) is 11.5 Å². The van der Waals surface area contributed by atoms with Crippen LogP contribution in [0.15, 0.2) is 0 Å². The molecule has 0 aliphatic carbocycles. The van der Waals surface area contributed by atoms with E-state index in [4.69, 9.17) is 22.3 Å². The van der Waals surface area contributed by atoms with E-state index in [1.54, 1.807) is 13.8 Å². The molecule has 0 radical (unpaired) electrons. The van der Waals surface area contributed by atoms with Crippen LogP contribution in [0, 0.1) is 10.8 Å². The summed E-state index contributed by atoms with van der Waals surface area (Å²) in [7, 11) is 0. The molecule has 0 spiro atoms. The number of halogens is 2. The molecule has 0 unspecified atom stereocenters. The first kappa shape index (κ1) is 22.5. The number of rotatable bonds is 2. The topological polar surface area (TPSA) is 99.7 Å². The Morgan fingerprint density at radius 3 is 1.00 bits per heavy atom. The molecular formula is C6H18F2N4. The Morgan fingerprint density at radius 1 is 0.917 bits per heavy atom. The lowest BCUT2D eigenvalue weighted by Crippen LogP contribution is -2.07. The predicted molar refractivity (Wildman–Crippen MR) is 49.9 cm³/mol. The molecule has 0 aliphatic rings. The van der Waals surface area contributed by atoms with E-state index in [1.807, 2.05) is 0 Å². The van der Waals surface area contributed by atoms with Crippen molar-refractivity contribution in [2.45, 2.75) is 13.8 Å². The molecule has 6 N–H and O–H groups in total. The molecule has 4 nitrogen and oxygen atoms in total. The molecule has 12 heavy (non-hydrogen) atoms. The molecule has 0 saturated heterocycles. The largest absolute Gasteiger partial charge is 0.326 e. The summed E-state index contributed by atoms with van der Waals surface area (Å²) >= 11 is 0. The van der Waals surface area contributed by atoms with Gasteiger partial charge in [-0.2, -0.15) is 0 Å². The Labute approximate surface area is 71.1 Å². The number of hydrogen-bond donors (Lipinski definition) is 4. The second kappa shape index (κ2) is 16.6. The molecule has 0 rings (SSSR count). The van der Waals surface area contributed by atoms with E-state index >= 15 is 0 Å². The zero-order valence-corrected chi connectivity index (χ0v) is 7.39. The maximum absolute atomic E-state index is 6.62. The van der Waals surface area contributed by atoms with Crippen LogP contribution >= 0.6 is 0 Å². The first-order valence-corrected chi connectivity index (χ1v) is 3.02. The third kappa shape index (κ3) is 61.8. The normalized spacial score (nSPS) is 6.33. The predicted octanol–water partition coefficient (Wildman–Crippen LogP) is 0.275. The maximum Gasteiger partial charge on any atom is 0.0304 e. The fraction of sp³-hybridized carbons (Fsp3) is 0.667. The average molecular weight is 184 g/mol. The summed E-state index contributed by atoms with van der Waals surface area (Å²) in [4.78, 5) is 0. The second-order valence-corrected chi connectivity index (χ2v) is 1.97. The van der Waals surface area contributed by atoms with E-state index in [9.17, 15) is 0 Å². The van der Waals surface area contributed by atoms with Crippen LogP contribution < -0.4 is 11.5 Å². The van der Waals surface area contributed by atoms with Crippen LogP contribution in [0.5, 0.6) is 0 Å². The van der Waals surface area contributed by atoms with Gasteiger partial charge in [-0.05, 0) is 13.8 Å². The van der Waals surface area contributed by atoms with Crippen molar-refractivity contribution in [3.05, 3.63) is 0 Å². The minimum atomic E-state index is 0. The summed E-state index contributed by atoms with van der Waals surface area (Å²) in [6, 6.07) is 0. The number of nitrogens with one attached hydrogen (secondary N) is 2. The van der Waals surface area contributed by atoms with E-state index < -0.39 is 0 Å². The van der Waals surface area contributed by atoms with Crippen molar-refractivity contribution in [1.82, 2.24) is 0 Å². The SMILES string of the molecule is CC(=N)CN.CC(=N)CN.F.F. The van der Waals surface area contributed by atoms with Gasteiger partial charge in [-0.1, -0.05) is 0 Å². The first-order chi connectivity index (χ1) is 4.54. The van der Waals surface area contributed by atoms with Crippen LogP contribution in [0.1, 0.15) is 13.8 Å². The summed E-state index contributed by atoms with van der Waals surface area (Å²) < 4.78 is 0. The van der Waals surface area contributed by atoms with Gasteiger partial charge in [0.2, 0.25) is 0 Å². The lowest BCUT2D eigenvalue weighted by Gasteiger charge is -1.78. The lowest BCUT2D eigenvalue weighted by molar-refractivity contribution is 1.11. The molecule has 0 aromatic heterocycles. The van der Waals surface area contributed by atoms with Gasteiger partial charge in [0.15, 0.2) is 0 Å². The molecule has 0 saturated carbocycles. The molecule has 0 atom stereocenters. The molecule has 0 heterocycles. The van der Waals surface area contributed by atoms with E-state index in [0.29, 0.717) is 24.5 Å². The first-order valence-electron chi connectivity index (χ1n) is 3.02. The van der Waals surface area contributed by atoms with Crippen LogP contribution in [-0.4, -0.2) is 24.5 Å². The van der Waals surface area contributed by atoms with Crippen LogP contribution in [0.4, 0.5) is 9.41 Å². The van der Waals surface area contributed by atoms with Crippen LogP contribution in [0.25, 0.3) is 0 Å². The molecular weight excluding hydrogens is 166 g/mol. The number of nitrogens with two attached hydrogens (primary N) is 2. The van der Waals surface area contributed by atoms with Gasteiger partial charge in [0.25, 0.3) is 0 Å². The van der Waals surface area contributed by atoms with E-state index in [-0.39, 0.29) is 9.41 Å². The average Bonchev–Trinajstić information content (AvgIpc) is 1.89. The molecule has 0 aliphatic heterocycles. The quantitative estimate of drug-likeness (QED) is 0.463. The van der Waals surface area contributed by atoms with Gasteiger partial charge in [-0.3, -0.25) is 9.41 Å². The highest BCUT2D eigenvalue weighted by Crippen LogP contribution is 1.54. The van der Waals surface area contributed by atoms with E-state index in [2.05, 4.69) is 0 Å². The highest BCUT2D eigenvalue weighted by atomic mass is 19.0. The lowest BCUT2D eigenvalue weighted by atomic mass is 10.4. The van der Waals surface area contributed by atoms with Crippen LogP contribution in [0.2, 0.25) is 0 Å². The van der Waals surface area contributed by atoms with E-state index in [1.165, 1.54) is 0 Å². The molecule has 0 aromatic rings. The Bertz CT molecular complexity index is 102. The van der Waals surface area contributed by atoms with Crippen molar-refractivity contribution in [2.75, 3.05) is 13.1 Å². The van der Waals surface area contributed by atoms with Crippen molar-refractivity contribution < 1.29 is 9.41 Å². The van der Waals surface area contributed by atoms with Gasteiger partial charge < -0.3 is 22.3 Å². The Kier molecular flexibility index (Phi) is 31.1. The highest BCUT2D eigenvalue weighted by Gasteiger charge is 1.71. The Balaban J connectivity index is -0.0000000457. The van der Waals surface area contributed by atoms with Crippen molar-refractivity contribution >= 4 is 11.4 Å². The summed E-state index contributed by atoms with van der Waals surface area (Å²) in [6.07, 6.45) is 0. The zero-order chi connectivity index (χ0) is 8.57. The van der Waals surface area contributed by atoms with Gasteiger partial charge in [0, 0.05) is 24.5 Å². The summed E-state index contributed by atoms with van der Waals surface area (Å²) in [5, 5.41) is 13.2. The molecule has 0 aromatic carbocycles. The monoisotopic (exact) mass is 184 g/mol. The van der Waals surface area contributed by atoms with Gasteiger partial charge in [0.05, 0.1) is 0 Å². The van der Waals surface area contributed by atoms with Crippen molar-refractivity contribution in [3.8, 4) is 0 Å². The zero-order valence-electron chi connectivity index (χ0n) is 7.39. The number of hydrogen-bond acceptors (Lipinski definition) is 4. The second-order valence-electron chi connectivity index (χ2n) is 1.97. The summed E-state index contributed by atoms with van der Waals surface area (Å²) in [5.41, 5.74) is 11.0. The van der Waals surface area contributed by atoms with Crippen molar-refractivity contribution in [3.63, 3.8) is 0 Å². The minimum Gasteiger partial charge on any atom is -0.326 e. The van der Waals surface area contributed by atoms with Gasteiger partial charge >= 0.3 is 0 Å². The van der Waals surface area contributed by atoms with Crippen LogP contribution in [0.3, 0.4) is 0 Å². The molecule has 0 amide bonds. The Hall–Kier alpha value is -0.880. The molecule has 6 heteroatoms. The molecule has 0 bridgehead atoms. The Morgan fingerprint density at radius 2 is 1.00 bits per heavy atom.